The van der Waals surface area contributed by atoms with Gasteiger partial charge in [-0.25, -0.2) is 4.79 Å². The van der Waals surface area contributed by atoms with Crippen LogP contribution >= 0.6 is 0 Å². The van der Waals surface area contributed by atoms with Gasteiger partial charge in [0.05, 0.1) is 6.61 Å². The summed E-state index contributed by atoms with van der Waals surface area (Å²) in [6.45, 7) is 0.459. The third-order valence-corrected chi connectivity index (χ3v) is 2.57. The normalized spacial score (nSPS) is 10.4. The molecule has 2 N–H and O–H groups in total. The Morgan fingerprint density at radius 1 is 1.29 bits per heavy atom. The van der Waals surface area contributed by atoms with Crippen LogP contribution in [0.3, 0.4) is 0 Å². The van der Waals surface area contributed by atoms with Crippen LogP contribution in [0.25, 0.3) is 11.1 Å². The summed E-state index contributed by atoms with van der Waals surface area (Å²) in [5.41, 5.74) is 2.74. The van der Waals surface area contributed by atoms with E-state index in [2.05, 4.69) is 4.98 Å². The highest BCUT2D eigenvalue weighted by Crippen LogP contribution is 2.27. The van der Waals surface area contributed by atoms with Gasteiger partial charge in [0, 0.05) is 18.9 Å². The number of carboxylic acid groups (broad SMARTS) is 1. The molecule has 2 aromatic rings. The van der Waals surface area contributed by atoms with Gasteiger partial charge >= 0.3 is 5.97 Å². The maximum atomic E-state index is 11.1. The second-order valence-corrected chi connectivity index (χ2v) is 3.66. The van der Waals surface area contributed by atoms with E-state index in [1.165, 1.54) is 0 Å². The van der Waals surface area contributed by atoms with E-state index >= 15 is 0 Å². The van der Waals surface area contributed by atoms with E-state index in [1.54, 1.807) is 19.4 Å². The Kier molecular flexibility index (Phi) is 3.25. The highest BCUT2D eigenvalue weighted by Gasteiger charge is 2.14. The van der Waals surface area contributed by atoms with Crippen LogP contribution in [0, 0.1) is 0 Å². The molecule has 17 heavy (non-hydrogen) atoms. The van der Waals surface area contributed by atoms with E-state index in [9.17, 15) is 4.79 Å². The molecule has 4 heteroatoms. The topological polar surface area (TPSA) is 62.3 Å². The maximum Gasteiger partial charge on any atom is 0.352 e. The molecule has 0 saturated heterocycles. The number of benzene rings is 1. The van der Waals surface area contributed by atoms with Crippen molar-refractivity contribution in [2.24, 2.45) is 0 Å². The maximum absolute atomic E-state index is 11.1. The Labute approximate surface area is 98.9 Å². The van der Waals surface area contributed by atoms with Gasteiger partial charge in [0.2, 0.25) is 0 Å². The lowest BCUT2D eigenvalue weighted by Crippen LogP contribution is -2.00. The monoisotopic (exact) mass is 231 g/mol. The van der Waals surface area contributed by atoms with Crippen molar-refractivity contribution < 1.29 is 14.6 Å². The van der Waals surface area contributed by atoms with Gasteiger partial charge in [-0.1, -0.05) is 24.3 Å². The van der Waals surface area contributed by atoms with Crippen molar-refractivity contribution in [1.29, 1.82) is 0 Å². The molecule has 2 rings (SSSR count). The van der Waals surface area contributed by atoms with Gasteiger partial charge in [-0.15, -0.1) is 0 Å². The molecule has 0 aliphatic heterocycles. The number of aromatic nitrogens is 1. The van der Waals surface area contributed by atoms with Gasteiger partial charge in [-0.3, -0.25) is 0 Å². The van der Waals surface area contributed by atoms with Gasteiger partial charge in [0.25, 0.3) is 0 Å². The molecule has 0 radical (unpaired) electrons. The number of methoxy groups -OCH3 is 1. The molecule has 0 bridgehead atoms. The third-order valence-electron chi connectivity index (χ3n) is 2.57. The number of ether oxygens (including phenoxy) is 1. The Balaban J connectivity index is 2.52. The Hall–Kier alpha value is -2.07. The first-order chi connectivity index (χ1) is 8.24. The molecule has 1 heterocycles. The minimum Gasteiger partial charge on any atom is -0.477 e. The molecular formula is C13H13NO3. The highest BCUT2D eigenvalue weighted by atomic mass is 16.5. The van der Waals surface area contributed by atoms with Crippen molar-refractivity contribution in [1.82, 2.24) is 4.98 Å². The van der Waals surface area contributed by atoms with Crippen molar-refractivity contribution in [3.8, 4) is 11.1 Å². The molecule has 0 aliphatic rings. The SMILES string of the molecule is COCc1ccccc1-c1cc[nH]c1C(=O)O. The Morgan fingerprint density at radius 2 is 2.06 bits per heavy atom. The summed E-state index contributed by atoms with van der Waals surface area (Å²) in [5, 5.41) is 9.07. The zero-order valence-corrected chi connectivity index (χ0v) is 9.43. The van der Waals surface area contributed by atoms with E-state index < -0.39 is 5.97 Å². The largest absolute Gasteiger partial charge is 0.477 e. The zero-order valence-electron chi connectivity index (χ0n) is 9.43. The number of carboxylic acids is 1. The first kappa shape index (κ1) is 11.4. The van der Waals surface area contributed by atoms with Crippen LogP contribution in [-0.4, -0.2) is 23.2 Å². The summed E-state index contributed by atoms with van der Waals surface area (Å²) in [5.74, 6) is -0.961. The number of H-pyrrole nitrogens is 1. The van der Waals surface area contributed by atoms with Crippen LogP contribution in [0.2, 0.25) is 0 Å². The number of aromatic carboxylic acids is 1. The molecule has 1 aromatic heterocycles. The molecule has 0 unspecified atom stereocenters. The summed E-state index contributed by atoms with van der Waals surface area (Å²) < 4.78 is 5.11. The summed E-state index contributed by atoms with van der Waals surface area (Å²) in [7, 11) is 1.62. The second kappa shape index (κ2) is 4.84. The Morgan fingerprint density at radius 3 is 2.76 bits per heavy atom. The minimum absolute atomic E-state index is 0.202. The van der Waals surface area contributed by atoms with Gasteiger partial charge in [0.1, 0.15) is 5.69 Å². The van der Waals surface area contributed by atoms with Crippen LogP contribution < -0.4 is 0 Å². The molecule has 88 valence electrons. The highest BCUT2D eigenvalue weighted by molar-refractivity contribution is 5.94. The van der Waals surface area contributed by atoms with E-state index in [1.807, 2.05) is 24.3 Å². The fourth-order valence-corrected chi connectivity index (χ4v) is 1.84. The van der Waals surface area contributed by atoms with Crippen molar-refractivity contribution in [2.75, 3.05) is 7.11 Å². The lowest BCUT2D eigenvalue weighted by atomic mass is 10.0. The van der Waals surface area contributed by atoms with Crippen LogP contribution in [0.4, 0.5) is 0 Å². The summed E-state index contributed by atoms with van der Waals surface area (Å²) in [6.07, 6.45) is 1.63. The fraction of sp³-hybridized carbons (Fsp3) is 0.154. The molecule has 0 aliphatic carbocycles. The first-order valence-electron chi connectivity index (χ1n) is 5.22. The summed E-state index contributed by atoms with van der Waals surface area (Å²) >= 11 is 0. The number of hydrogen-bond acceptors (Lipinski definition) is 2. The lowest BCUT2D eigenvalue weighted by molar-refractivity contribution is 0.0692. The predicted octanol–water partition coefficient (Wildman–Crippen LogP) is 2.53. The van der Waals surface area contributed by atoms with Crippen molar-refractivity contribution in [3.05, 3.63) is 47.8 Å². The van der Waals surface area contributed by atoms with Gasteiger partial charge < -0.3 is 14.8 Å². The number of nitrogens with one attached hydrogen (secondary N) is 1. The summed E-state index contributed by atoms with van der Waals surface area (Å²) in [4.78, 5) is 13.8. The first-order valence-corrected chi connectivity index (χ1v) is 5.22. The number of hydrogen-bond donors (Lipinski definition) is 2. The Bertz CT molecular complexity index is 531. The van der Waals surface area contributed by atoms with Gasteiger partial charge in [-0.05, 0) is 17.2 Å². The summed E-state index contributed by atoms with van der Waals surface area (Å²) in [6, 6.07) is 9.37. The molecule has 0 saturated carbocycles. The average molecular weight is 231 g/mol. The zero-order chi connectivity index (χ0) is 12.3. The molecular weight excluding hydrogens is 218 g/mol. The molecule has 0 fully saturated rings. The van der Waals surface area contributed by atoms with Crippen LogP contribution in [0.5, 0.6) is 0 Å². The van der Waals surface area contributed by atoms with Gasteiger partial charge in [-0.2, -0.15) is 0 Å². The lowest BCUT2D eigenvalue weighted by Gasteiger charge is -2.08. The smallest absolute Gasteiger partial charge is 0.352 e. The molecule has 0 atom stereocenters. The van der Waals surface area contributed by atoms with E-state index in [0.717, 1.165) is 11.1 Å². The number of rotatable bonds is 4. The molecule has 0 amide bonds. The standard InChI is InChI=1S/C13H13NO3/c1-17-8-9-4-2-3-5-10(9)11-6-7-14-12(11)13(15)16/h2-7,14H,8H2,1H3,(H,15,16). The van der Waals surface area contributed by atoms with Crippen LogP contribution in [0.1, 0.15) is 16.1 Å². The van der Waals surface area contributed by atoms with Crippen LogP contribution in [0.15, 0.2) is 36.5 Å². The molecule has 1 aromatic carbocycles. The van der Waals surface area contributed by atoms with Crippen molar-refractivity contribution in [2.45, 2.75) is 6.61 Å². The number of carbonyl (C=O) groups is 1. The quantitative estimate of drug-likeness (QED) is 0.849. The van der Waals surface area contributed by atoms with E-state index in [0.29, 0.717) is 12.2 Å². The second-order valence-electron chi connectivity index (χ2n) is 3.66. The van der Waals surface area contributed by atoms with Crippen LogP contribution in [-0.2, 0) is 11.3 Å². The van der Waals surface area contributed by atoms with E-state index in [-0.39, 0.29) is 5.69 Å². The molecule has 0 spiro atoms. The van der Waals surface area contributed by atoms with Gasteiger partial charge in [0.15, 0.2) is 0 Å². The van der Waals surface area contributed by atoms with Crippen molar-refractivity contribution >= 4 is 5.97 Å². The minimum atomic E-state index is -0.961. The molecule has 4 nitrogen and oxygen atoms in total. The third kappa shape index (κ3) is 2.21. The number of aromatic amines is 1. The average Bonchev–Trinajstić information content (AvgIpc) is 2.79. The fourth-order valence-electron chi connectivity index (χ4n) is 1.84. The van der Waals surface area contributed by atoms with Crippen molar-refractivity contribution in [3.63, 3.8) is 0 Å². The van der Waals surface area contributed by atoms with E-state index in [4.69, 9.17) is 9.84 Å². The predicted molar refractivity (Wildman–Crippen MR) is 63.9 cm³/mol.